The summed E-state index contributed by atoms with van der Waals surface area (Å²) >= 11 is 3.32. The molecule has 0 spiro atoms. The normalized spacial score (nSPS) is 11.8. The van der Waals surface area contributed by atoms with Gasteiger partial charge in [-0.05, 0) is 29.8 Å². The van der Waals surface area contributed by atoms with Crippen molar-refractivity contribution in [3.63, 3.8) is 0 Å². The number of hydrogen-bond acceptors (Lipinski definition) is 3. The van der Waals surface area contributed by atoms with Crippen molar-refractivity contribution in [2.24, 2.45) is 0 Å². The van der Waals surface area contributed by atoms with Gasteiger partial charge in [-0.2, -0.15) is 0 Å². The van der Waals surface area contributed by atoms with Crippen molar-refractivity contribution >= 4 is 22.2 Å². The van der Waals surface area contributed by atoms with Crippen molar-refractivity contribution in [3.05, 3.63) is 58.3 Å². The highest BCUT2D eigenvalue weighted by molar-refractivity contribution is 9.10. The molecule has 0 bridgehead atoms. The Balaban J connectivity index is 2.26. The Labute approximate surface area is 124 Å². The summed E-state index contributed by atoms with van der Waals surface area (Å²) in [5, 5.41) is 0. The van der Waals surface area contributed by atoms with E-state index in [9.17, 15) is 9.18 Å². The SMILES string of the molecule is COc1cc(F)ccc1OC(C=O)c1ccc(Br)cc1. The number of rotatable bonds is 5. The number of ether oxygens (including phenoxy) is 2. The molecule has 0 aliphatic heterocycles. The number of carbonyl (C=O) groups is 1. The quantitative estimate of drug-likeness (QED) is 0.775. The van der Waals surface area contributed by atoms with E-state index < -0.39 is 11.9 Å². The van der Waals surface area contributed by atoms with Crippen molar-refractivity contribution in [2.75, 3.05) is 7.11 Å². The molecule has 0 aliphatic carbocycles. The van der Waals surface area contributed by atoms with Gasteiger partial charge in [-0.1, -0.05) is 28.1 Å². The van der Waals surface area contributed by atoms with Gasteiger partial charge in [0.2, 0.25) is 0 Å². The van der Waals surface area contributed by atoms with Gasteiger partial charge in [0.25, 0.3) is 0 Å². The van der Waals surface area contributed by atoms with Crippen LogP contribution in [0.25, 0.3) is 0 Å². The zero-order valence-corrected chi connectivity index (χ0v) is 12.3. The summed E-state index contributed by atoms with van der Waals surface area (Å²) in [6.45, 7) is 0. The second kappa shape index (κ2) is 6.52. The first-order valence-corrected chi connectivity index (χ1v) is 6.64. The Hall–Kier alpha value is -1.88. The molecular formula is C15H12BrFO3. The molecule has 0 amide bonds. The highest BCUT2D eigenvalue weighted by Gasteiger charge is 2.15. The van der Waals surface area contributed by atoms with Crippen LogP contribution < -0.4 is 9.47 Å². The maximum Gasteiger partial charge on any atom is 0.179 e. The molecule has 2 rings (SSSR count). The third kappa shape index (κ3) is 3.36. The maximum absolute atomic E-state index is 13.1. The van der Waals surface area contributed by atoms with Gasteiger partial charge in [0.1, 0.15) is 5.82 Å². The summed E-state index contributed by atoms with van der Waals surface area (Å²) in [6, 6.07) is 11.1. The highest BCUT2D eigenvalue weighted by Crippen LogP contribution is 2.31. The van der Waals surface area contributed by atoms with Crippen molar-refractivity contribution < 1.29 is 18.7 Å². The van der Waals surface area contributed by atoms with E-state index in [1.165, 1.54) is 25.3 Å². The van der Waals surface area contributed by atoms with Gasteiger partial charge in [0, 0.05) is 10.5 Å². The number of hydrogen-bond donors (Lipinski definition) is 0. The smallest absolute Gasteiger partial charge is 0.179 e. The topological polar surface area (TPSA) is 35.5 Å². The van der Waals surface area contributed by atoms with Crippen LogP contribution in [0.15, 0.2) is 46.9 Å². The Morgan fingerprint density at radius 3 is 2.45 bits per heavy atom. The molecule has 3 nitrogen and oxygen atoms in total. The Kier molecular flexibility index (Phi) is 4.74. The van der Waals surface area contributed by atoms with E-state index in [4.69, 9.17) is 9.47 Å². The fourth-order valence-corrected chi connectivity index (χ4v) is 1.97. The number of carbonyl (C=O) groups excluding carboxylic acids is 1. The summed E-state index contributed by atoms with van der Waals surface area (Å²) in [5.74, 6) is 0.128. The lowest BCUT2D eigenvalue weighted by Gasteiger charge is -2.16. The second-order valence-electron chi connectivity index (χ2n) is 4.02. The standard InChI is InChI=1S/C15H12BrFO3/c1-19-14-8-12(17)6-7-13(14)20-15(9-18)10-2-4-11(16)5-3-10/h2-9,15H,1H3. The van der Waals surface area contributed by atoms with Crippen molar-refractivity contribution in [3.8, 4) is 11.5 Å². The predicted octanol–water partition coefficient (Wildman–Crippen LogP) is 3.92. The van der Waals surface area contributed by atoms with Gasteiger partial charge >= 0.3 is 0 Å². The fourth-order valence-electron chi connectivity index (χ4n) is 1.70. The molecule has 0 aromatic heterocycles. The molecule has 1 atom stereocenters. The van der Waals surface area contributed by atoms with Crippen LogP contribution in [0.4, 0.5) is 4.39 Å². The number of methoxy groups -OCH3 is 1. The number of halogens is 2. The van der Waals surface area contributed by atoms with Crippen LogP contribution in [0, 0.1) is 5.82 Å². The maximum atomic E-state index is 13.1. The summed E-state index contributed by atoms with van der Waals surface area (Å²) in [7, 11) is 1.41. The molecular weight excluding hydrogens is 327 g/mol. The molecule has 2 aromatic carbocycles. The first kappa shape index (κ1) is 14.5. The van der Waals surface area contributed by atoms with E-state index >= 15 is 0 Å². The predicted molar refractivity (Wildman–Crippen MR) is 76.5 cm³/mol. The zero-order valence-electron chi connectivity index (χ0n) is 10.7. The van der Waals surface area contributed by atoms with E-state index in [0.29, 0.717) is 17.6 Å². The molecule has 0 radical (unpaired) electrons. The summed E-state index contributed by atoms with van der Waals surface area (Å²) in [4.78, 5) is 11.2. The van der Waals surface area contributed by atoms with E-state index in [2.05, 4.69) is 15.9 Å². The van der Waals surface area contributed by atoms with Gasteiger partial charge < -0.3 is 9.47 Å². The van der Waals surface area contributed by atoms with E-state index in [0.717, 1.165) is 4.47 Å². The Morgan fingerprint density at radius 2 is 1.85 bits per heavy atom. The van der Waals surface area contributed by atoms with Crippen LogP contribution in [0.3, 0.4) is 0 Å². The van der Waals surface area contributed by atoms with E-state index in [-0.39, 0.29) is 5.75 Å². The van der Waals surface area contributed by atoms with Crippen LogP contribution in [0.1, 0.15) is 11.7 Å². The molecule has 20 heavy (non-hydrogen) atoms. The van der Waals surface area contributed by atoms with Gasteiger partial charge in [0.15, 0.2) is 23.9 Å². The zero-order chi connectivity index (χ0) is 14.5. The molecule has 1 unspecified atom stereocenters. The summed E-state index contributed by atoms with van der Waals surface area (Å²) in [5.41, 5.74) is 0.703. The van der Waals surface area contributed by atoms with Crippen molar-refractivity contribution in [1.29, 1.82) is 0 Å². The summed E-state index contributed by atoms with van der Waals surface area (Å²) in [6.07, 6.45) is -0.0890. The number of benzene rings is 2. The number of aldehydes is 1. The van der Waals surface area contributed by atoms with Gasteiger partial charge in [-0.15, -0.1) is 0 Å². The third-order valence-corrected chi connectivity index (χ3v) is 3.23. The molecule has 0 heterocycles. The Morgan fingerprint density at radius 1 is 1.15 bits per heavy atom. The Bertz CT molecular complexity index is 599. The first-order valence-electron chi connectivity index (χ1n) is 5.85. The first-order chi connectivity index (χ1) is 9.63. The second-order valence-corrected chi connectivity index (χ2v) is 4.94. The van der Waals surface area contributed by atoms with Crippen LogP contribution in [0.2, 0.25) is 0 Å². The average molecular weight is 339 g/mol. The van der Waals surface area contributed by atoms with Gasteiger partial charge in [-0.25, -0.2) is 4.39 Å². The average Bonchev–Trinajstić information content (AvgIpc) is 2.47. The molecule has 2 aromatic rings. The highest BCUT2D eigenvalue weighted by atomic mass is 79.9. The van der Waals surface area contributed by atoms with Crippen LogP contribution in [0.5, 0.6) is 11.5 Å². The largest absolute Gasteiger partial charge is 0.493 e. The third-order valence-electron chi connectivity index (χ3n) is 2.70. The lowest BCUT2D eigenvalue weighted by atomic mass is 10.1. The lowest BCUT2D eigenvalue weighted by Crippen LogP contribution is -2.09. The van der Waals surface area contributed by atoms with Crippen molar-refractivity contribution in [1.82, 2.24) is 0 Å². The van der Waals surface area contributed by atoms with Crippen molar-refractivity contribution in [2.45, 2.75) is 6.10 Å². The minimum absolute atomic E-state index is 0.244. The molecule has 0 aliphatic rings. The summed E-state index contributed by atoms with van der Waals surface area (Å²) < 4.78 is 24.6. The molecule has 0 N–H and O–H groups in total. The minimum atomic E-state index is -0.775. The fraction of sp³-hybridized carbons (Fsp3) is 0.133. The van der Waals surface area contributed by atoms with Gasteiger partial charge in [0.05, 0.1) is 7.11 Å². The molecule has 0 fully saturated rings. The van der Waals surface area contributed by atoms with E-state index in [1.54, 1.807) is 12.1 Å². The van der Waals surface area contributed by atoms with Gasteiger partial charge in [-0.3, -0.25) is 4.79 Å². The molecule has 0 saturated heterocycles. The van der Waals surface area contributed by atoms with Crippen LogP contribution in [-0.4, -0.2) is 13.4 Å². The monoisotopic (exact) mass is 338 g/mol. The molecule has 104 valence electrons. The van der Waals surface area contributed by atoms with E-state index in [1.807, 2.05) is 12.1 Å². The lowest BCUT2D eigenvalue weighted by molar-refractivity contribution is -0.113. The molecule has 0 saturated carbocycles. The molecule has 5 heteroatoms. The van der Waals surface area contributed by atoms with Crippen LogP contribution >= 0.6 is 15.9 Å². The minimum Gasteiger partial charge on any atom is -0.493 e. The van der Waals surface area contributed by atoms with Crippen LogP contribution in [-0.2, 0) is 4.79 Å².